The number of nitrogens with one attached hydrogen (secondary N) is 1. The van der Waals surface area contributed by atoms with Crippen LogP contribution in [0.2, 0.25) is 0 Å². The maximum atomic E-state index is 11.8. The third-order valence-corrected chi connectivity index (χ3v) is 2.58. The molecule has 1 saturated heterocycles. The van der Waals surface area contributed by atoms with Gasteiger partial charge in [-0.3, -0.25) is 4.79 Å². The van der Waals surface area contributed by atoms with Gasteiger partial charge in [-0.1, -0.05) is 0 Å². The minimum atomic E-state index is -0.363. The summed E-state index contributed by atoms with van der Waals surface area (Å²) in [6, 6.07) is 0. The summed E-state index contributed by atoms with van der Waals surface area (Å²) in [6.45, 7) is 4.45. The Hall–Kier alpha value is -0.650. The van der Waals surface area contributed by atoms with Gasteiger partial charge in [-0.2, -0.15) is 0 Å². The van der Waals surface area contributed by atoms with Gasteiger partial charge in [-0.15, -0.1) is 0 Å². The van der Waals surface area contributed by atoms with Crippen LogP contribution in [0.5, 0.6) is 0 Å². The highest BCUT2D eigenvalue weighted by molar-refractivity contribution is 5.80. The zero-order valence-electron chi connectivity index (χ0n) is 9.66. The normalized spacial score (nSPS) is 23.9. The number of carbonyl (C=O) groups is 1. The SMILES string of the molecule is CNCC1CN(C(=O)C(C)OC)CCO1. The van der Waals surface area contributed by atoms with E-state index in [-0.39, 0.29) is 18.1 Å². The summed E-state index contributed by atoms with van der Waals surface area (Å²) in [6.07, 6.45) is -0.268. The fraction of sp³-hybridized carbons (Fsp3) is 0.900. The second-order valence-corrected chi connectivity index (χ2v) is 3.71. The molecule has 2 atom stereocenters. The molecule has 1 heterocycles. The molecule has 0 aromatic rings. The summed E-state index contributed by atoms with van der Waals surface area (Å²) >= 11 is 0. The molecule has 0 aliphatic carbocycles. The zero-order valence-corrected chi connectivity index (χ0v) is 9.66. The Kier molecular flexibility index (Phi) is 5.01. The molecule has 1 N–H and O–H groups in total. The number of carbonyl (C=O) groups excluding carboxylic acids is 1. The monoisotopic (exact) mass is 216 g/mol. The summed E-state index contributed by atoms with van der Waals surface area (Å²) in [5, 5.41) is 3.05. The largest absolute Gasteiger partial charge is 0.373 e. The van der Waals surface area contributed by atoms with Crippen LogP contribution >= 0.6 is 0 Å². The van der Waals surface area contributed by atoms with Crippen molar-refractivity contribution in [1.29, 1.82) is 0 Å². The summed E-state index contributed by atoms with van der Waals surface area (Å²) in [4.78, 5) is 13.6. The number of methoxy groups -OCH3 is 1. The molecular weight excluding hydrogens is 196 g/mol. The van der Waals surface area contributed by atoms with Crippen molar-refractivity contribution in [3.63, 3.8) is 0 Å². The lowest BCUT2D eigenvalue weighted by molar-refractivity contribution is -0.148. The Morgan fingerprint density at radius 1 is 1.73 bits per heavy atom. The third kappa shape index (κ3) is 3.44. The number of ether oxygens (including phenoxy) is 2. The van der Waals surface area contributed by atoms with Gasteiger partial charge in [0.15, 0.2) is 0 Å². The van der Waals surface area contributed by atoms with E-state index in [0.717, 1.165) is 6.54 Å². The van der Waals surface area contributed by atoms with Crippen molar-refractivity contribution in [2.75, 3.05) is 40.4 Å². The number of hydrogen-bond acceptors (Lipinski definition) is 4. The summed E-state index contributed by atoms with van der Waals surface area (Å²) in [5.74, 6) is 0.0434. The van der Waals surface area contributed by atoms with Crippen LogP contribution in [0, 0.1) is 0 Å². The van der Waals surface area contributed by atoms with Crippen molar-refractivity contribution < 1.29 is 14.3 Å². The number of amides is 1. The lowest BCUT2D eigenvalue weighted by atomic mass is 10.2. The summed E-state index contributed by atoms with van der Waals surface area (Å²) < 4.78 is 10.5. The molecule has 0 aromatic heterocycles. The van der Waals surface area contributed by atoms with E-state index in [2.05, 4.69) is 5.32 Å². The van der Waals surface area contributed by atoms with E-state index in [0.29, 0.717) is 19.7 Å². The molecule has 1 aliphatic heterocycles. The van der Waals surface area contributed by atoms with Crippen molar-refractivity contribution in [2.45, 2.75) is 19.1 Å². The number of morpholine rings is 1. The first-order valence-electron chi connectivity index (χ1n) is 5.26. The number of likely N-dealkylation sites (N-methyl/N-ethyl adjacent to an activating group) is 1. The molecule has 15 heavy (non-hydrogen) atoms. The van der Waals surface area contributed by atoms with Gasteiger partial charge >= 0.3 is 0 Å². The molecule has 1 fully saturated rings. The molecule has 1 aliphatic rings. The standard InChI is InChI=1S/C10H20N2O3/c1-8(14-3)10(13)12-4-5-15-9(7-12)6-11-2/h8-9,11H,4-7H2,1-3H3. The highest BCUT2D eigenvalue weighted by Crippen LogP contribution is 2.07. The molecule has 0 bridgehead atoms. The van der Waals surface area contributed by atoms with Crippen molar-refractivity contribution in [1.82, 2.24) is 10.2 Å². The van der Waals surface area contributed by atoms with Gasteiger partial charge in [-0.25, -0.2) is 0 Å². The fourth-order valence-corrected chi connectivity index (χ4v) is 1.63. The maximum Gasteiger partial charge on any atom is 0.251 e. The van der Waals surface area contributed by atoms with Crippen LogP contribution < -0.4 is 5.32 Å². The van der Waals surface area contributed by atoms with Gasteiger partial charge in [0.05, 0.1) is 12.7 Å². The molecule has 0 radical (unpaired) electrons. The van der Waals surface area contributed by atoms with Crippen LogP contribution in [-0.4, -0.2) is 63.4 Å². The van der Waals surface area contributed by atoms with Gasteiger partial charge in [0.25, 0.3) is 5.91 Å². The molecule has 2 unspecified atom stereocenters. The maximum absolute atomic E-state index is 11.8. The Morgan fingerprint density at radius 3 is 3.07 bits per heavy atom. The molecule has 88 valence electrons. The van der Waals surface area contributed by atoms with E-state index in [9.17, 15) is 4.79 Å². The molecule has 0 spiro atoms. The number of hydrogen-bond donors (Lipinski definition) is 1. The van der Waals surface area contributed by atoms with Gasteiger partial charge < -0.3 is 19.7 Å². The van der Waals surface area contributed by atoms with Crippen LogP contribution in [0.15, 0.2) is 0 Å². The van der Waals surface area contributed by atoms with Crippen molar-refractivity contribution in [2.24, 2.45) is 0 Å². The molecule has 1 amide bonds. The van der Waals surface area contributed by atoms with E-state index in [4.69, 9.17) is 9.47 Å². The summed E-state index contributed by atoms with van der Waals surface area (Å²) in [7, 11) is 3.43. The second kappa shape index (κ2) is 6.05. The van der Waals surface area contributed by atoms with Crippen LogP contribution in [0.25, 0.3) is 0 Å². The molecule has 5 nitrogen and oxygen atoms in total. The van der Waals surface area contributed by atoms with E-state index in [1.165, 1.54) is 0 Å². The molecule has 1 rings (SSSR count). The van der Waals surface area contributed by atoms with Crippen LogP contribution in [0.1, 0.15) is 6.92 Å². The molecule has 5 heteroatoms. The first-order valence-corrected chi connectivity index (χ1v) is 5.26. The quantitative estimate of drug-likeness (QED) is 0.686. The van der Waals surface area contributed by atoms with Gasteiger partial charge in [0.2, 0.25) is 0 Å². The summed E-state index contributed by atoms with van der Waals surface area (Å²) in [5.41, 5.74) is 0. The van der Waals surface area contributed by atoms with E-state index < -0.39 is 0 Å². The molecular formula is C10H20N2O3. The average molecular weight is 216 g/mol. The topological polar surface area (TPSA) is 50.8 Å². The Morgan fingerprint density at radius 2 is 2.47 bits per heavy atom. The minimum Gasteiger partial charge on any atom is -0.373 e. The highest BCUT2D eigenvalue weighted by atomic mass is 16.5. The smallest absolute Gasteiger partial charge is 0.251 e. The van der Waals surface area contributed by atoms with Gasteiger partial charge in [-0.05, 0) is 14.0 Å². The first kappa shape index (κ1) is 12.4. The third-order valence-electron chi connectivity index (χ3n) is 2.58. The Labute approximate surface area is 90.7 Å². The Bertz CT molecular complexity index is 209. The van der Waals surface area contributed by atoms with Crippen LogP contribution in [0.3, 0.4) is 0 Å². The van der Waals surface area contributed by atoms with Crippen molar-refractivity contribution in [3.05, 3.63) is 0 Å². The van der Waals surface area contributed by atoms with Crippen LogP contribution in [0.4, 0.5) is 0 Å². The predicted molar refractivity (Wildman–Crippen MR) is 56.7 cm³/mol. The average Bonchev–Trinajstić information content (AvgIpc) is 2.28. The zero-order chi connectivity index (χ0) is 11.3. The second-order valence-electron chi connectivity index (χ2n) is 3.71. The lowest BCUT2D eigenvalue weighted by Crippen LogP contribution is -2.51. The lowest BCUT2D eigenvalue weighted by Gasteiger charge is -2.34. The van der Waals surface area contributed by atoms with E-state index >= 15 is 0 Å². The fourth-order valence-electron chi connectivity index (χ4n) is 1.63. The number of rotatable bonds is 4. The van der Waals surface area contributed by atoms with Gasteiger partial charge in [0, 0.05) is 26.7 Å². The van der Waals surface area contributed by atoms with Crippen molar-refractivity contribution in [3.8, 4) is 0 Å². The number of nitrogens with zero attached hydrogens (tertiary/aromatic N) is 1. The predicted octanol–water partition coefficient (Wildman–Crippen LogP) is -0.532. The van der Waals surface area contributed by atoms with Gasteiger partial charge in [0.1, 0.15) is 6.10 Å². The highest BCUT2D eigenvalue weighted by Gasteiger charge is 2.26. The van der Waals surface area contributed by atoms with E-state index in [1.807, 2.05) is 7.05 Å². The van der Waals surface area contributed by atoms with Crippen LogP contribution in [-0.2, 0) is 14.3 Å². The first-order chi connectivity index (χ1) is 7.19. The minimum absolute atomic E-state index is 0.0434. The molecule has 0 aromatic carbocycles. The Balaban J connectivity index is 2.44. The molecule has 0 saturated carbocycles. The van der Waals surface area contributed by atoms with E-state index in [1.54, 1.807) is 18.9 Å². The van der Waals surface area contributed by atoms with Crippen molar-refractivity contribution >= 4 is 5.91 Å².